The number of imide groups is 1. The van der Waals surface area contributed by atoms with Crippen LogP contribution in [0.4, 0.5) is 8.78 Å². The minimum Gasteiger partial charge on any atom is -0.366 e. The number of H-pyrrole nitrogens is 1. The molecule has 186 valence electrons. The minimum absolute atomic E-state index is 0.0353. The van der Waals surface area contributed by atoms with Crippen molar-refractivity contribution in [2.75, 3.05) is 13.1 Å². The number of aromatic amines is 1. The van der Waals surface area contributed by atoms with Crippen LogP contribution in [0.5, 0.6) is 0 Å². The molecule has 2 aromatic carbocycles. The highest BCUT2D eigenvalue weighted by Gasteiger charge is 2.44. The van der Waals surface area contributed by atoms with Crippen molar-refractivity contribution >= 4 is 17.4 Å². The first kappa shape index (κ1) is 23.7. The Morgan fingerprint density at radius 2 is 1.44 bits per heavy atom. The van der Waals surface area contributed by atoms with Gasteiger partial charge in [-0.05, 0) is 60.7 Å². The molecule has 2 aliphatic heterocycles. The quantitative estimate of drug-likeness (QED) is 0.529. The molecular weight excluding hydrogens is 466 g/mol. The zero-order valence-electron chi connectivity index (χ0n) is 20.1. The Balaban J connectivity index is 1.66. The molecule has 3 aromatic rings. The SMILES string of the molecule is CC(C)c1[nH]n(-c2ccc(F)cc2)c(=O)c1C1=C(N2CCCC2)C(=O)N(Cc2ccc(F)cc2)C1=O. The second-order valence-electron chi connectivity index (χ2n) is 9.41. The Hall–Kier alpha value is -4.01. The number of benzene rings is 2. The average molecular weight is 493 g/mol. The number of aromatic nitrogens is 2. The minimum atomic E-state index is -0.560. The number of nitrogens with zero attached hydrogens (tertiary/aromatic N) is 3. The number of likely N-dealkylation sites (tertiary alicyclic amines) is 1. The van der Waals surface area contributed by atoms with Crippen molar-refractivity contribution in [1.82, 2.24) is 19.6 Å². The normalized spacial score (nSPS) is 16.2. The van der Waals surface area contributed by atoms with Gasteiger partial charge in [-0.15, -0.1) is 0 Å². The molecule has 1 fully saturated rings. The maximum atomic E-state index is 13.8. The molecule has 0 aliphatic carbocycles. The third kappa shape index (κ3) is 4.04. The van der Waals surface area contributed by atoms with Crippen LogP contribution in [-0.4, -0.2) is 44.5 Å². The molecule has 3 heterocycles. The van der Waals surface area contributed by atoms with E-state index in [1.54, 1.807) is 0 Å². The van der Waals surface area contributed by atoms with Crippen LogP contribution in [0.1, 0.15) is 49.4 Å². The molecule has 9 heteroatoms. The maximum absolute atomic E-state index is 13.8. The highest BCUT2D eigenvalue weighted by molar-refractivity contribution is 6.35. The number of hydrogen-bond donors (Lipinski definition) is 1. The van der Waals surface area contributed by atoms with Crippen LogP contribution < -0.4 is 5.56 Å². The van der Waals surface area contributed by atoms with Crippen molar-refractivity contribution in [3.63, 3.8) is 0 Å². The summed E-state index contributed by atoms with van der Waals surface area (Å²) in [4.78, 5) is 44.2. The summed E-state index contributed by atoms with van der Waals surface area (Å²) in [5, 5.41) is 3.08. The molecule has 2 amide bonds. The zero-order chi connectivity index (χ0) is 25.6. The van der Waals surface area contributed by atoms with E-state index in [-0.39, 0.29) is 29.3 Å². The van der Waals surface area contributed by atoms with Crippen LogP contribution in [0.2, 0.25) is 0 Å². The lowest BCUT2D eigenvalue weighted by Crippen LogP contribution is -2.34. The third-order valence-electron chi connectivity index (χ3n) is 6.65. The molecule has 1 N–H and O–H groups in total. The lowest BCUT2D eigenvalue weighted by molar-refractivity contribution is -0.138. The van der Waals surface area contributed by atoms with Gasteiger partial charge in [0.05, 0.1) is 23.4 Å². The van der Waals surface area contributed by atoms with Crippen LogP contribution in [0, 0.1) is 11.6 Å². The van der Waals surface area contributed by atoms with Gasteiger partial charge in [0.25, 0.3) is 17.4 Å². The number of carbonyl (C=O) groups excluding carboxylic acids is 2. The van der Waals surface area contributed by atoms with Crippen LogP contribution in [0.3, 0.4) is 0 Å². The standard InChI is InChI=1S/C27H26F2N4O3/c1-16(2)23-21(26(35)33(30-23)20-11-9-19(29)10-12-20)22-24(31-13-3-4-14-31)27(36)32(25(22)34)15-17-5-7-18(28)8-6-17/h5-12,16,30H,3-4,13-15H2,1-2H3. The fraction of sp³-hybridized carbons (Fsp3) is 0.296. The Morgan fingerprint density at radius 3 is 2.03 bits per heavy atom. The molecule has 2 aliphatic rings. The van der Waals surface area contributed by atoms with E-state index >= 15 is 0 Å². The first-order valence-corrected chi connectivity index (χ1v) is 12.0. The van der Waals surface area contributed by atoms with Crippen molar-refractivity contribution in [2.24, 2.45) is 0 Å². The van der Waals surface area contributed by atoms with Crippen LogP contribution in [-0.2, 0) is 16.1 Å². The van der Waals surface area contributed by atoms with E-state index in [9.17, 15) is 23.2 Å². The van der Waals surface area contributed by atoms with E-state index in [4.69, 9.17) is 0 Å². The molecule has 0 bridgehead atoms. The lowest BCUT2D eigenvalue weighted by Gasteiger charge is -2.20. The van der Waals surface area contributed by atoms with Gasteiger partial charge in [0, 0.05) is 18.8 Å². The predicted octanol–water partition coefficient (Wildman–Crippen LogP) is 3.94. The maximum Gasteiger partial charge on any atom is 0.279 e. The Labute approximate surface area is 206 Å². The van der Waals surface area contributed by atoms with Crippen LogP contribution in [0.15, 0.2) is 59.0 Å². The average Bonchev–Trinajstić information content (AvgIpc) is 3.55. The first-order valence-electron chi connectivity index (χ1n) is 12.0. The van der Waals surface area contributed by atoms with Gasteiger partial charge >= 0.3 is 0 Å². The summed E-state index contributed by atoms with van der Waals surface area (Å²) in [6.07, 6.45) is 1.75. The molecule has 0 unspecified atom stereocenters. The summed E-state index contributed by atoms with van der Waals surface area (Å²) in [5.74, 6) is -2.05. The molecular formula is C27H26F2N4O3. The highest BCUT2D eigenvalue weighted by Crippen LogP contribution is 2.36. The monoisotopic (exact) mass is 492 g/mol. The summed E-state index contributed by atoms with van der Waals surface area (Å²) in [7, 11) is 0. The van der Waals surface area contributed by atoms with E-state index in [1.807, 2.05) is 18.7 Å². The molecule has 0 saturated carbocycles. The lowest BCUT2D eigenvalue weighted by atomic mass is 9.98. The van der Waals surface area contributed by atoms with Crippen molar-refractivity contribution in [2.45, 2.75) is 39.2 Å². The molecule has 1 saturated heterocycles. The molecule has 5 rings (SSSR count). The molecule has 1 aromatic heterocycles. The van der Waals surface area contributed by atoms with Gasteiger partial charge in [-0.25, -0.2) is 13.5 Å². The number of carbonyl (C=O) groups is 2. The molecule has 36 heavy (non-hydrogen) atoms. The topological polar surface area (TPSA) is 78.4 Å². The molecule has 0 atom stereocenters. The number of halogens is 2. The molecule has 7 nitrogen and oxygen atoms in total. The number of nitrogens with one attached hydrogen (secondary N) is 1. The van der Waals surface area contributed by atoms with Gasteiger partial charge in [0.1, 0.15) is 17.3 Å². The smallest absolute Gasteiger partial charge is 0.279 e. The van der Waals surface area contributed by atoms with E-state index in [0.717, 1.165) is 17.7 Å². The number of amides is 2. The van der Waals surface area contributed by atoms with Crippen molar-refractivity contribution in [1.29, 1.82) is 0 Å². The fourth-order valence-electron chi connectivity index (χ4n) is 4.82. The second kappa shape index (κ2) is 9.22. The van der Waals surface area contributed by atoms with Gasteiger partial charge < -0.3 is 4.90 Å². The second-order valence-corrected chi connectivity index (χ2v) is 9.41. The molecule has 0 radical (unpaired) electrons. The summed E-state index contributed by atoms with van der Waals surface area (Å²) in [6, 6.07) is 11.1. The van der Waals surface area contributed by atoms with Crippen molar-refractivity contribution in [3.8, 4) is 5.69 Å². The summed E-state index contributed by atoms with van der Waals surface area (Å²) in [5.41, 5.74) is 1.50. The van der Waals surface area contributed by atoms with Gasteiger partial charge in [-0.2, -0.15) is 0 Å². The molecule has 0 spiro atoms. The Bertz CT molecular complexity index is 1410. The van der Waals surface area contributed by atoms with Gasteiger partial charge in [0.2, 0.25) is 0 Å². The number of hydrogen-bond acceptors (Lipinski definition) is 4. The van der Waals surface area contributed by atoms with Crippen LogP contribution in [0.25, 0.3) is 11.3 Å². The van der Waals surface area contributed by atoms with E-state index in [2.05, 4.69) is 5.10 Å². The van der Waals surface area contributed by atoms with E-state index in [0.29, 0.717) is 30.0 Å². The van der Waals surface area contributed by atoms with Gasteiger partial charge in [-0.1, -0.05) is 26.0 Å². The van der Waals surface area contributed by atoms with E-state index in [1.165, 1.54) is 53.2 Å². The Kier molecular flexibility index (Phi) is 6.07. The highest BCUT2D eigenvalue weighted by atomic mass is 19.1. The number of rotatable bonds is 6. The fourth-order valence-corrected chi connectivity index (χ4v) is 4.82. The van der Waals surface area contributed by atoms with Gasteiger partial charge in [-0.3, -0.25) is 24.4 Å². The van der Waals surface area contributed by atoms with Crippen molar-refractivity contribution < 1.29 is 18.4 Å². The first-order chi connectivity index (χ1) is 17.3. The van der Waals surface area contributed by atoms with E-state index < -0.39 is 29.0 Å². The van der Waals surface area contributed by atoms with Gasteiger partial charge in [0.15, 0.2) is 0 Å². The summed E-state index contributed by atoms with van der Waals surface area (Å²) >= 11 is 0. The predicted molar refractivity (Wildman–Crippen MR) is 130 cm³/mol. The third-order valence-corrected chi connectivity index (χ3v) is 6.65. The largest absolute Gasteiger partial charge is 0.366 e. The van der Waals surface area contributed by atoms with Crippen molar-refractivity contribution in [3.05, 3.63) is 93.0 Å². The summed E-state index contributed by atoms with van der Waals surface area (Å²) in [6.45, 7) is 4.95. The zero-order valence-corrected chi connectivity index (χ0v) is 20.1. The Morgan fingerprint density at radius 1 is 0.861 bits per heavy atom. The summed E-state index contributed by atoms with van der Waals surface area (Å²) < 4.78 is 28.2. The van der Waals surface area contributed by atoms with Crippen LogP contribution >= 0.6 is 0 Å².